The summed E-state index contributed by atoms with van der Waals surface area (Å²) in [5.74, 6) is -0.699. The molecule has 1 heterocycles. The minimum absolute atomic E-state index is 0.115. The zero-order valence-corrected chi connectivity index (χ0v) is 12.1. The van der Waals surface area contributed by atoms with E-state index in [1.54, 1.807) is 24.5 Å². The predicted octanol–water partition coefficient (Wildman–Crippen LogP) is 1.72. The maximum absolute atomic E-state index is 12.6. The summed E-state index contributed by atoms with van der Waals surface area (Å²) in [7, 11) is 0. The first kappa shape index (κ1) is 14.8. The standard InChI is InChI=1S/C14H17ClN2O3/c1-9(12(18)16-20)17-8-7-14(2,13(17)19)10-3-5-11(15)6-4-10/h3-6,9,20H,7-8H2,1-2H3,(H,16,18). The van der Waals surface area contributed by atoms with Crippen molar-refractivity contribution in [2.75, 3.05) is 6.54 Å². The van der Waals surface area contributed by atoms with Gasteiger partial charge in [0.2, 0.25) is 5.91 Å². The number of halogens is 1. The zero-order chi connectivity index (χ0) is 14.9. The van der Waals surface area contributed by atoms with Crippen molar-refractivity contribution in [3.63, 3.8) is 0 Å². The number of likely N-dealkylation sites (tertiary alicyclic amines) is 1. The second-order valence-corrected chi connectivity index (χ2v) is 5.68. The quantitative estimate of drug-likeness (QED) is 0.659. The van der Waals surface area contributed by atoms with Crippen LogP contribution in [-0.2, 0) is 15.0 Å². The van der Waals surface area contributed by atoms with Crippen LogP contribution < -0.4 is 5.48 Å². The number of hydroxylamine groups is 1. The summed E-state index contributed by atoms with van der Waals surface area (Å²) < 4.78 is 0. The van der Waals surface area contributed by atoms with Gasteiger partial charge < -0.3 is 4.90 Å². The molecule has 2 rings (SSSR count). The number of benzene rings is 1. The average Bonchev–Trinajstić information content (AvgIpc) is 2.75. The Hall–Kier alpha value is -1.59. The van der Waals surface area contributed by atoms with Crippen LogP contribution in [0.4, 0.5) is 0 Å². The van der Waals surface area contributed by atoms with Crippen LogP contribution in [0.5, 0.6) is 0 Å². The molecule has 2 atom stereocenters. The SMILES string of the molecule is CC(C(=O)NO)N1CCC(C)(c2ccc(Cl)cc2)C1=O. The van der Waals surface area contributed by atoms with Crippen LogP contribution in [0.2, 0.25) is 5.02 Å². The lowest BCUT2D eigenvalue weighted by atomic mass is 9.81. The second-order valence-electron chi connectivity index (χ2n) is 5.24. The number of hydrogen-bond acceptors (Lipinski definition) is 3. The molecule has 1 aromatic rings. The molecule has 0 spiro atoms. The highest BCUT2D eigenvalue weighted by molar-refractivity contribution is 6.30. The van der Waals surface area contributed by atoms with E-state index in [-0.39, 0.29) is 5.91 Å². The van der Waals surface area contributed by atoms with Crippen molar-refractivity contribution in [3.05, 3.63) is 34.9 Å². The van der Waals surface area contributed by atoms with Crippen molar-refractivity contribution in [2.45, 2.75) is 31.7 Å². The number of nitrogens with zero attached hydrogens (tertiary/aromatic N) is 1. The molecule has 0 aliphatic carbocycles. The van der Waals surface area contributed by atoms with Gasteiger partial charge in [-0.25, -0.2) is 5.48 Å². The Morgan fingerprint density at radius 2 is 2.05 bits per heavy atom. The molecule has 0 aromatic heterocycles. The van der Waals surface area contributed by atoms with E-state index in [0.717, 1.165) is 5.56 Å². The summed E-state index contributed by atoms with van der Waals surface area (Å²) in [6.07, 6.45) is 0.622. The fourth-order valence-electron chi connectivity index (χ4n) is 2.56. The van der Waals surface area contributed by atoms with Gasteiger partial charge in [-0.3, -0.25) is 14.8 Å². The second kappa shape index (κ2) is 5.42. The molecule has 1 aliphatic rings. The zero-order valence-electron chi connectivity index (χ0n) is 11.4. The van der Waals surface area contributed by atoms with Gasteiger partial charge in [-0.15, -0.1) is 0 Å². The van der Waals surface area contributed by atoms with Gasteiger partial charge in [-0.2, -0.15) is 0 Å². The van der Waals surface area contributed by atoms with E-state index in [4.69, 9.17) is 16.8 Å². The van der Waals surface area contributed by atoms with Crippen molar-refractivity contribution in [3.8, 4) is 0 Å². The van der Waals surface area contributed by atoms with Gasteiger partial charge in [-0.05, 0) is 38.0 Å². The molecule has 6 heteroatoms. The molecule has 0 saturated carbocycles. The topological polar surface area (TPSA) is 69.6 Å². The number of rotatable bonds is 3. The summed E-state index contributed by atoms with van der Waals surface area (Å²) in [6, 6.07) is 6.48. The first-order valence-electron chi connectivity index (χ1n) is 6.41. The third kappa shape index (κ3) is 2.39. The highest BCUT2D eigenvalue weighted by Crippen LogP contribution is 2.36. The summed E-state index contributed by atoms with van der Waals surface area (Å²) in [5, 5.41) is 9.30. The molecule has 0 radical (unpaired) electrons. The monoisotopic (exact) mass is 296 g/mol. The van der Waals surface area contributed by atoms with Crippen LogP contribution in [0.3, 0.4) is 0 Å². The number of nitrogens with one attached hydrogen (secondary N) is 1. The summed E-state index contributed by atoms with van der Waals surface area (Å²) in [5.41, 5.74) is 1.81. The third-order valence-electron chi connectivity index (χ3n) is 4.02. The van der Waals surface area contributed by atoms with Crippen molar-refractivity contribution >= 4 is 23.4 Å². The van der Waals surface area contributed by atoms with Gasteiger partial charge in [0.1, 0.15) is 6.04 Å². The molecule has 1 aromatic carbocycles. The lowest BCUT2D eigenvalue weighted by Gasteiger charge is -2.27. The number of carbonyl (C=O) groups excluding carboxylic acids is 2. The molecule has 1 saturated heterocycles. The Morgan fingerprint density at radius 1 is 1.45 bits per heavy atom. The van der Waals surface area contributed by atoms with E-state index in [9.17, 15) is 9.59 Å². The van der Waals surface area contributed by atoms with Gasteiger partial charge in [0.25, 0.3) is 5.91 Å². The number of hydrogen-bond donors (Lipinski definition) is 2. The molecule has 2 N–H and O–H groups in total. The maximum atomic E-state index is 12.6. The van der Waals surface area contributed by atoms with Crippen LogP contribution in [0.1, 0.15) is 25.8 Å². The van der Waals surface area contributed by atoms with E-state index in [1.165, 1.54) is 4.90 Å². The normalized spacial score (nSPS) is 23.8. The van der Waals surface area contributed by atoms with E-state index in [0.29, 0.717) is 18.0 Å². The average molecular weight is 297 g/mol. The van der Waals surface area contributed by atoms with Crippen LogP contribution >= 0.6 is 11.6 Å². The molecule has 20 heavy (non-hydrogen) atoms. The molecule has 108 valence electrons. The summed E-state index contributed by atoms with van der Waals surface area (Å²) in [6.45, 7) is 3.94. The highest BCUT2D eigenvalue weighted by Gasteiger charge is 2.46. The summed E-state index contributed by atoms with van der Waals surface area (Å²) >= 11 is 5.86. The Bertz CT molecular complexity index is 532. The minimum Gasteiger partial charge on any atom is -0.330 e. The lowest BCUT2D eigenvalue weighted by molar-refractivity contribution is -0.143. The molecule has 2 amide bonds. The molecular formula is C14H17ClN2O3. The van der Waals surface area contributed by atoms with Gasteiger partial charge in [0, 0.05) is 11.6 Å². The van der Waals surface area contributed by atoms with E-state index in [2.05, 4.69) is 0 Å². The largest absolute Gasteiger partial charge is 0.330 e. The van der Waals surface area contributed by atoms with Crippen LogP contribution in [-0.4, -0.2) is 34.5 Å². The smallest absolute Gasteiger partial charge is 0.265 e. The molecular weight excluding hydrogens is 280 g/mol. The molecule has 1 aliphatic heterocycles. The van der Waals surface area contributed by atoms with Crippen molar-refractivity contribution in [2.24, 2.45) is 0 Å². The third-order valence-corrected chi connectivity index (χ3v) is 4.28. The van der Waals surface area contributed by atoms with Crippen LogP contribution in [0.15, 0.2) is 24.3 Å². The Kier molecular flexibility index (Phi) is 4.01. The highest BCUT2D eigenvalue weighted by atomic mass is 35.5. The molecule has 5 nitrogen and oxygen atoms in total. The maximum Gasteiger partial charge on any atom is 0.265 e. The first-order chi connectivity index (χ1) is 9.40. The first-order valence-corrected chi connectivity index (χ1v) is 6.79. The number of carbonyl (C=O) groups is 2. The van der Waals surface area contributed by atoms with E-state index < -0.39 is 17.4 Å². The minimum atomic E-state index is -0.693. The van der Waals surface area contributed by atoms with Gasteiger partial charge >= 0.3 is 0 Å². The molecule has 1 fully saturated rings. The van der Waals surface area contributed by atoms with Crippen molar-refractivity contribution in [1.82, 2.24) is 10.4 Å². The fraction of sp³-hybridized carbons (Fsp3) is 0.429. The fourth-order valence-corrected chi connectivity index (χ4v) is 2.69. The van der Waals surface area contributed by atoms with E-state index in [1.807, 2.05) is 19.1 Å². The predicted molar refractivity (Wildman–Crippen MR) is 74.5 cm³/mol. The summed E-state index contributed by atoms with van der Waals surface area (Å²) in [4.78, 5) is 25.6. The van der Waals surface area contributed by atoms with Crippen LogP contribution in [0, 0.1) is 0 Å². The van der Waals surface area contributed by atoms with Gasteiger partial charge in [0.05, 0.1) is 5.41 Å². The molecule has 0 bridgehead atoms. The van der Waals surface area contributed by atoms with Crippen molar-refractivity contribution < 1.29 is 14.8 Å². The Balaban J connectivity index is 2.26. The Morgan fingerprint density at radius 3 is 2.60 bits per heavy atom. The van der Waals surface area contributed by atoms with Crippen molar-refractivity contribution in [1.29, 1.82) is 0 Å². The van der Waals surface area contributed by atoms with Gasteiger partial charge in [-0.1, -0.05) is 23.7 Å². The number of amides is 2. The molecule has 2 unspecified atom stereocenters. The van der Waals surface area contributed by atoms with Crippen LogP contribution in [0.25, 0.3) is 0 Å². The lowest BCUT2D eigenvalue weighted by Crippen LogP contribution is -2.47. The Labute approximate surface area is 122 Å². The van der Waals surface area contributed by atoms with Gasteiger partial charge in [0.15, 0.2) is 0 Å². The van der Waals surface area contributed by atoms with E-state index >= 15 is 0 Å².